The highest BCUT2D eigenvalue weighted by molar-refractivity contribution is 7.07. The van der Waals surface area contributed by atoms with Crippen LogP contribution in [0.3, 0.4) is 0 Å². The third kappa shape index (κ3) is 2.89. The summed E-state index contributed by atoms with van der Waals surface area (Å²) in [6.45, 7) is 0.0822. The summed E-state index contributed by atoms with van der Waals surface area (Å²) < 4.78 is 37.9. The number of aromatic nitrogens is 2. The molecular formula is C10H8F3N3OS. The number of hydrogen-bond acceptors (Lipinski definition) is 4. The zero-order valence-electron chi connectivity index (χ0n) is 8.91. The zero-order chi connectivity index (χ0) is 13.2. The molecule has 0 aromatic carbocycles. The highest BCUT2D eigenvalue weighted by Gasteiger charge is 2.33. The molecule has 0 bridgehead atoms. The summed E-state index contributed by atoms with van der Waals surface area (Å²) in [5.74, 6) is -0.253. The van der Waals surface area contributed by atoms with E-state index < -0.39 is 11.7 Å². The number of alkyl halides is 3. The fourth-order valence-electron chi connectivity index (χ4n) is 1.35. The first-order chi connectivity index (χ1) is 8.47. The van der Waals surface area contributed by atoms with Gasteiger partial charge in [-0.3, -0.25) is 4.79 Å². The number of halogens is 3. The molecule has 0 fully saturated rings. The van der Waals surface area contributed by atoms with Crippen molar-refractivity contribution in [2.45, 2.75) is 12.7 Å². The number of anilines is 1. The molecule has 0 saturated carbocycles. The van der Waals surface area contributed by atoms with Crippen LogP contribution in [0.2, 0.25) is 0 Å². The minimum Gasteiger partial charge on any atom is -0.364 e. The Labute approximate surface area is 104 Å². The molecule has 0 aliphatic heterocycles. The predicted molar refractivity (Wildman–Crippen MR) is 61.5 cm³/mol. The molecule has 2 N–H and O–H groups in total. The maximum Gasteiger partial charge on any atom is 0.419 e. The van der Waals surface area contributed by atoms with Crippen LogP contribution < -0.4 is 10.2 Å². The zero-order valence-corrected chi connectivity index (χ0v) is 9.73. The molecule has 4 nitrogen and oxygen atoms in total. The maximum atomic E-state index is 12.6. The van der Waals surface area contributed by atoms with Crippen molar-refractivity contribution < 1.29 is 13.2 Å². The van der Waals surface area contributed by atoms with Crippen molar-refractivity contribution in [2.75, 3.05) is 5.32 Å². The van der Waals surface area contributed by atoms with Crippen LogP contribution in [0.25, 0.3) is 0 Å². The standard InChI is InChI=1S/C10H8F3N3OS/c11-10(12,13)7-2-1-3-14-8(7)15-4-6-5-18-9(17)16-6/h1-3,5H,4H2,(H,14,15)(H,16,17). The second kappa shape index (κ2) is 4.81. The van der Waals surface area contributed by atoms with Gasteiger partial charge in [-0.25, -0.2) is 4.98 Å². The quantitative estimate of drug-likeness (QED) is 0.904. The van der Waals surface area contributed by atoms with Crippen LogP contribution in [0.15, 0.2) is 28.5 Å². The first-order valence-corrected chi connectivity index (χ1v) is 5.77. The summed E-state index contributed by atoms with van der Waals surface area (Å²) in [5.41, 5.74) is -0.314. The first-order valence-electron chi connectivity index (χ1n) is 4.89. The van der Waals surface area contributed by atoms with E-state index >= 15 is 0 Å². The van der Waals surface area contributed by atoms with E-state index in [0.717, 1.165) is 17.4 Å². The average molecular weight is 275 g/mol. The predicted octanol–water partition coefficient (Wildman–Crippen LogP) is 2.46. The van der Waals surface area contributed by atoms with Crippen molar-refractivity contribution in [3.63, 3.8) is 0 Å². The Bertz CT molecular complexity index is 590. The summed E-state index contributed by atoms with van der Waals surface area (Å²) in [7, 11) is 0. The number of hydrogen-bond donors (Lipinski definition) is 2. The van der Waals surface area contributed by atoms with Gasteiger partial charge in [0.25, 0.3) is 0 Å². The van der Waals surface area contributed by atoms with Crippen LogP contribution in [0.5, 0.6) is 0 Å². The van der Waals surface area contributed by atoms with Gasteiger partial charge in [0.15, 0.2) is 0 Å². The van der Waals surface area contributed by atoms with E-state index in [2.05, 4.69) is 15.3 Å². The van der Waals surface area contributed by atoms with Crippen LogP contribution >= 0.6 is 11.3 Å². The Balaban J connectivity index is 2.17. The van der Waals surface area contributed by atoms with Gasteiger partial charge in [0.2, 0.25) is 0 Å². The van der Waals surface area contributed by atoms with E-state index in [-0.39, 0.29) is 17.2 Å². The lowest BCUT2D eigenvalue weighted by molar-refractivity contribution is -0.137. The second-order valence-corrected chi connectivity index (χ2v) is 4.27. The molecule has 18 heavy (non-hydrogen) atoms. The van der Waals surface area contributed by atoms with Gasteiger partial charge in [0, 0.05) is 17.3 Å². The molecule has 0 amide bonds. The molecule has 8 heteroatoms. The lowest BCUT2D eigenvalue weighted by atomic mass is 10.2. The van der Waals surface area contributed by atoms with Crippen molar-refractivity contribution in [3.05, 3.63) is 44.6 Å². The Morgan fingerprint density at radius 2 is 2.22 bits per heavy atom. The van der Waals surface area contributed by atoms with E-state index in [9.17, 15) is 18.0 Å². The topological polar surface area (TPSA) is 57.8 Å². The third-order valence-electron chi connectivity index (χ3n) is 2.13. The number of H-pyrrole nitrogens is 1. The minimum absolute atomic E-state index is 0.0822. The fraction of sp³-hybridized carbons (Fsp3) is 0.200. The normalized spacial score (nSPS) is 11.5. The summed E-state index contributed by atoms with van der Waals surface area (Å²) in [6.07, 6.45) is -3.19. The number of nitrogens with one attached hydrogen (secondary N) is 2. The lowest BCUT2D eigenvalue weighted by Gasteiger charge is -2.12. The molecule has 0 aliphatic carbocycles. The van der Waals surface area contributed by atoms with E-state index in [1.165, 1.54) is 12.3 Å². The Kier molecular flexibility index (Phi) is 3.37. The molecule has 0 radical (unpaired) electrons. The molecule has 0 aliphatic rings. The number of nitrogens with zero attached hydrogens (tertiary/aromatic N) is 1. The van der Waals surface area contributed by atoms with Crippen LogP contribution in [-0.4, -0.2) is 9.97 Å². The molecule has 0 atom stereocenters. The van der Waals surface area contributed by atoms with E-state index in [4.69, 9.17) is 0 Å². The van der Waals surface area contributed by atoms with Crippen LogP contribution in [0.4, 0.5) is 19.0 Å². The van der Waals surface area contributed by atoms with Crippen molar-refractivity contribution in [3.8, 4) is 0 Å². The number of pyridine rings is 1. The lowest BCUT2D eigenvalue weighted by Crippen LogP contribution is -2.12. The van der Waals surface area contributed by atoms with E-state index in [1.807, 2.05) is 0 Å². The maximum absolute atomic E-state index is 12.6. The molecule has 2 heterocycles. The summed E-state index contributed by atoms with van der Waals surface area (Å²) in [4.78, 5) is 16.8. The van der Waals surface area contributed by atoms with Crippen molar-refractivity contribution in [2.24, 2.45) is 0 Å². The van der Waals surface area contributed by atoms with Crippen molar-refractivity contribution >= 4 is 17.2 Å². The molecule has 2 rings (SSSR count). The molecular weight excluding hydrogens is 267 g/mol. The van der Waals surface area contributed by atoms with Crippen molar-refractivity contribution in [1.29, 1.82) is 0 Å². The Morgan fingerprint density at radius 3 is 2.83 bits per heavy atom. The molecule has 2 aromatic heterocycles. The molecule has 96 valence electrons. The second-order valence-electron chi connectivity index (χ2n) is 3.42. The highest BCUT2D eigenvalue weighted by atomic mass is 32.1. The third-order valence-corrected chi connectivity index (χ3v) is 2.85. The van der Waals surface area contributed by atoms with Gasteiger partial charge in [-0.1, -0.05) is 11.3 Å². The summed E-state index contributed by atoms with van der Waals surface area (Å²) in [6, 6.07) is 2.17. The first kappa shape index (κ1) is 12.6. The largest absolute Gasteiger partial charge is 0.419 e. The molecule has 0 unspecified atom stereocenters. The van der Waals surface area contributed by atoms with Gasteiger partial charge in [-0.2, -0.15) is 13.2 Å². The average Bonchev–Trinajstić information content (AvgIpc) is 2.72. The molecule has 2 aromatic rings. The van der Waals surface area contributed by atoms with Crippen LogP contribution in [0, 0.1) is 0 Å². The smallest absolute Gasteiger partial charge is 0.364 e. The molecule has 0 spiro atoms. The van der Waals surface area contributed by atoms with Gasteiger partial charge in [-0.15, -0.1) is 0 Å². The van der Waals surface area contributed by atoms with E-state index in [0.29, 0.717) is 5.69 Å². The van der Waals surface area contributed by atoms with Gasteiger partial charge in [0.05, 0.1) is 12.1 Å². The highest BCUT2D eigenvalue weighted by Crippen LogP contribution is 2.33. The monoisotopic (exact) mass is 275 g/mol. The van der Waals surface area contributed by atoms with Gasteiger partial charge in [-0.05, 0) is 12.1 Å². The van der Waals surface area contributed by atoms with E-state index in [1.54, 1.807) is 5.38 Å². The van der Waals surface area contributed by atoms with Crippen molar-refractivity contribution in [1.82, 2.24) is 9.97 Å². The Morgan fingerprint density at radius 1 is 1.44 bits per heavy atom. The molecule has 0 saturated heterocycles. The fourth-order valence-corrected chi connectivity index (χ4v) is 1.94. The summed E-state index contributed by atoms with van der Waals surface area (Å²) in [5, 5.41) is 4.10. The minimum atomic E-state index is -4.46. The number of thiazole rings is 1. The van der Waals surface area contributed by atoms with Crippen LogP contribution in [-0.2, 0) is 12.7 Å². The van der Waals surface area contributed by atoms with Crippen LogP contribution in [0.1, 0.15) is 11.3 Å². The SMILES string of the molecule is O=c1[nH]c(CNc2ncccc2C(F)(F)F)cs1. The van der Waals surface area contributed by atoms with Gasteiger partial charge < -0.3 is 10.3 Å². The number of rotatable bonds is 3. The number of aromatic amines is 1. The summed E-state index contributed by atoms with van der Waals surface area (Å²) >= 11 is 0.956. The van der Waals surface area contributed by atoms with Gasteiger partial charge >= 0.3 is 11.0 Å². The Hall–Kier alpha value is -1.83. The van der Waals surface area contributed by atoms with Gasteiger partial charge in [0.1, 0.15) is 5.82 Å².